The van der Waals surface area contributed by atoms with Crippen LogP contribution in [0.3, 0.4) is 0 Å². The number of unbranched alkanes of at least 4 members (excludes halogenated alkanes) is 7. The monoisotopic (exact) mass is 266 g/mol. The van der Waals surface area contributed by atoms with Crippen molar-refractivity contribution in [1.82, 2.24) is 0 Å². The third-order valence-corrected chi connectivity index (χ3v) is 3.41. The summed E-state index contributed by atoms with van der Waals surface area (Å²) in [4.78, 5) is 0. The SMILES string of the molecule is CCCCCCCCCCOc1ccc(C)c(F)c1. The molecule has 0 aromatic heterocycles. The average Bonchev–Trinajstić information content (AvgIpc) is 2.41. The van der Waals surface area contributed by atoms with Gasteiger partial charge in [0.25, 0.3) is 0 Å². The Bertz CT molecular complexity index is 349. The molecule has 0 heterocycles. The molecule has 0 bridgehead atoms. The zero-order valence-electron chi connectivity index (χ0n) is 12.4. The highest BCUT2D eigenvalue weighted by atomic mass is 19.1. The Labute approximate surface area is 117 Å². The van der Waals surface area contributed by atoms with E-state index < -0.39 is 0 Å². The fraction of sp³-hybridized carbons (Fsp3) is 0.647. The van der Waals surface area contributed by atoms with E-state index in [1.807, 2.05) is 6.07 Å². The highest BCUT2D eigenvalue weighted by Crippen LogP contribution is 2.16. The van der Waals surface area contributed by atoms with Crippen molar-refractivity contribution in [1.29, 1.82) is 0 Å². The number of hydrogen-bond donors (Lipinski definition) is 0. The predicted octanol–water partition coefficient (Wildman–Crippen LogP) is 5.65. The molecule has 0 spiro atoms. The van der Waals surface area contributed by atoms with Gasteiger partial charge in [0.1, 0.15) is 11.6 Å². The summed E-state index contributed by atoms with van der Waals surface area (Å²) in [7, 11) is 0. The first-order chi connectivity index (χ1) is 9.24. The van der Waals surface area contributed by atoms with Crippen molar-refractivity contribution in [3.8, 4) is 5.75 Å². The molecule has 0 aliphatic heterocycles. The Morgan fingerprint density at radius 1 is 0.947 bits per heavy atom. The van der Waals surface area contributed by atoms with Gasteiger partial charge in [-0.05, 0) is 25.0 Å². The van der Waals surface area contributed by atoms with Gasteiger partial charge in [-0.15, -0.1) is 0 Å². The number of rotatable bonds is 10. The van der Waals surface area contributed by atoms with Gasteiger partial charge in [0.05, 0.1) is 6.61 Å². The van der Waals surface area contributed by atoms with Crippen molar-refractivity contribution in [2.45, 2.75) is 65.2 Å². The van der Waals surface area contributed by atoms with E-state index in [1.54, 1.807) is 13.0 Å². The summed E-state index contributed by atoms with van der Waals surface area (Å²) in [6.07, 6.45) is 10.3. The van der Waals surface area contributed by atoms with E-state index in [0.717, 1.165) is 6.42 Å². The first-order valence-corrected chi connectivity index (χ1v) is 7.63. The van der Waals surface area contributed by atoms with Gasteiger partial charge >= 0.3 is 0 Å². The molecule has 0 aliphatic carbocycles. The van der Waals surface area contributed by atoms with Crippen molar-refractivity contribution in [2.24, 2.45) is 0 Å². The molecule has 0 radical (unpaired) electrons. The van der Waals surface area contributed by atoms with Gasteiger partial charge in [0.2, 0.25) is 0 Å². The molecule has 19 heavy (non-hydrogen) atoms. The largest absolute Gasteiger partial charge is 0.493 e. The van der Waals surface area contributed by atoms with E-state index in [2.05, 4.69) is 6.92 Å². The summed E-state index contributed by atoms with van der Waals surface area (Å²) in [6.45, 7) is 4.69. The summed E-state index contributed by atoms with van der Waals surface area (Å²) in [5.41, 5.74) is 0.666. The van der Waals surface area contributed by atoms with E-state index >= 15 is 0 Å². The lowest BCUT2D eigenvalue weighted by molar-refractivity contribution is 0.302. The van der Waals surface area contributed by atoms with Gasteiger partial charge in [0.15, 0.2) is 0 Å². The maximum atomic E-state index is 13.3. The van der Waals surface area contributed by atoms with Crippen molar-refractivity contribution >= 4 is 0 Å². The number of benzene rings is 1. The molecule has 1 rings (SSSR count). The Morgan fingerprint density at radius 2 is 1.58 bits per heavy atom. The van der Waals surface area contributed by atoms with E-state index in [4.69, 9.17) is 4.74 Å². The molecular weight excluding hydrogens is 239 g/mol. The Kier molecular flexibility index (Phi) is 8.28. The summed E-state index contributed by atoms with van der Waals surface area (Å²) in [6, 6.07) is 5.07. The second kappa shape index (κ2) is 9.82. The highest BCUT2D eigenvalue weighted by molar-refractivity contribution is 5.27. The summed E-state index contributed by atoms with van der Waals surface area (Å²) >= 11 is 0. The van der Waals surface area contributed by atoms with E-state index in [-0.39, 0.29) is 5.82 Å². The lowest BCUT2D eigenvalue weighted by atomic mass is 10.1. The fourth-order valence-electron chi connectivity index (χ4n) is 2.09. The zero-order chi connectivity index (χ0) is 13.9. The van der Waals surface area contributed by atoms with Crippen molar-refractivity contribution in [3.05, 3.63) is 29.6 Å². The molecule has 0 N–H and O–H groups in total. The number of ether oxygens (including phenoxy) is 1. The van der Waals surface area contributed by atoms with Crippen LogP contribution in [-0.4, -0.2) is 6.61 Å². The lowest BCUT2D eigenvalue weighted by Gasteiger charge is -2.07. The number of aryl methyl sites for hydroxylation is 1. The molecular formula is C17H27FO. The van der Waals surface area contributed by atoms with Crippen LogP contribution < -0.4 is 4.74 Å². The molecule has 0 saturated carbocycles. The molecule has 0 saturated heterocycles. The van der Waals surface area contributed by atoms with Gasteiger partial charge in [-0.2, -0.15) is 0 Å². The van der Waals surface area contributed by atoms with E-state index in [1.165, 1.54) is 51.0 Å². The van der Waals surface area contributed by atoms with Gasteiger partial charge in [0, 0.05) is 6.07 Å². The normalized spacial score (nSPS) is 10.7. The third-order valence-electron chi connectivity index (χ3n) is 3.41. The minimum absolute atomic E-state index is 0.187. The van der Waals surface area contributed by atoms with Gasteiger partial charge in [-0.1, -0.05) is 57.9 Å². The predicted molar refractivity (Wildman–Crippen MR) is 79.2 cm³/mol. The first-order valence-electron chi connectivity index (χ1n) is 7.63. The molecule has 0 amide bonds. The third kappa shape index (κ3) is 7.19. The molecule has 0 unspecified atom stereocenters. The summed E-state index contributed by atoms with van der Waals surface area (Å²) < 4.78 is 18.8. The van der Waals surface area contributed by atoms with Crippen LogP contribution in [0.25, 0.3) is 0 Å². The van der Waals surface area contributed by atoms with Crippen LogP contribution in [0.1, 0.15) is 63.9 Å². The van der Waals surface area contributed by atoms with Crippen LogP contribution in [0.2, 0.25) is 0 Å². The number of halogens is 1. The van der Waals surface area contributed by atoms with Gasteiger partial charge in [-0.3, -0.25) is 0 Å². The molecule has 2 heteroatoms. The van der Waals surface area contributed by atoms with Crippen LogP contribution in [0.4, 0.5) is 4.39 Å². The average molecular weight is 266 g/mol. The molecule has 1 aromatic rings. The minimum Gasteiger partial charge on any atom is -0.493 e. The van der Waals surface area contributed by atoms with Crippen LogP contribution in [0.5, 0.6) is 5.75 Å². The Hall–Kier alpha value is -1.05. The van der Waals surface area contributed by atoms with E-state index in [9.17, 15) is 4.39 Å². The molecule has 0 fully saturated rings. The van der Waals surface area contributed by atoms with Crippen molar-refractivity contribution in [3.63, 3.8) is 0 Å². The van der Waals surface area contributed by atoms with Crippen LogP contribution in [-0.2, 0) is 0 Å². The molecule has 1 nitrogen and oxygen atoms in total. The van der Waals surface area contributed by atoms with Crippen LogP contribution in [0, 0.1) is 12.7 Å². The summed E-state index contributed by atoms with van der Waals surface area (Å²) in [5.74, 6) is 0.458. The van der Waals surface area contributed by atoms with Crippen molar-refractivity contribution < 1.29 is 9.13 Å². The minimum atomic E-state index is -0.187. The maximum absolute atomic E-state index is 13.3. The Balaban J connectivity index is 2.00. The fourth-order valence-corrected chi connectivity index (χ4v) is 2.09. The molecule has 0 aliphatic rings. The van der Waals surface area contributed by atoms with E-state index in [0.29, 0.717) is 17.9 Å². The smallest absolute Gasteiger partial charge is 0.129 e. The Morgan fingerprint density at radius 3 is 2.21 bits per heavy atom. The molecule has 108 valence electrons. The van der Waals surface area contributed by atoms with Crippen LogP contribution >= 0.6 is 0 Å². The lowest BCUT2D eigenvalue weighted by Crippen LogP contribution is -1.98. The van der Waals surface area contributed by atoms with Crippen molar-refractivity contribution in [2.75, 3.05) is 6.61 Å². The quantitative estimate of drug-likeness (QED) is 0.497. The van der Waals surface area contributed by atoms with Gasteiger partial charge < -0.3 is 4.74 Å². The highest BCUT2D eigenvalue weighted by Gasteiger charge is 2.00. The maximum Gasteiger partial charge on any atom is 0.129 e. The van der Waals surface area contributed by atoms with Gasteiger partial charge in [-0.25, -0.2) is 4.39 Å². The topological polar surface area (TPSA) is 9.23 Å². The first kappa shape index (κ1) is 16.0. The second-order valence-electron chi connectivity index (χ2n) is 5.23. The van der Waals surface area contributed by atoms with Crippen LogP contribution in [0.15, 0.2) is 18.2 Å². The molecule has 1 aromatic carbocycles. The second-order valence-corrected chi connectivity index (χ2v) is 5.23. The standard InChI is InChI=1S/C17H27FO/c1-3-4-5-6-7-8-9-10-13-19-16-12-11-15(2)17(18)14-16/h11-12,14H,3-10,13H2,1-2H3. The zero-order valence-corrected chi connectivity index (χ0v) is 12.4. The number of hydrogen-bond acceptors (Lipinski definition) is 1. The summed E-state index contributed by atoms with van der Waals surface area (Å²) in [5, 5.41) is 0. The molecule has 0 atom stereocenters.